The number of nitrogens with two attached hydrogens (primary N) is 1. The Balaban J connectivity index is 1.28. The summed E-state index contributed by atoms with van der Waals surface area (Å²) in [5.41, 5.74) is 16.0. The topological polar surface area (TPSA) is 482 Å². The molecule has 30 nitrogen and oxygen atoms in total. The van der Waals surface area contributed by atoms with Gasteiger partial charge in [0.15, 0.2) is 11.2 Å². The summed E-state index contributed by atoms with van der Waals surface area (Å²) in [6.45, 7) is 1.83. The number of nitrogen functional groups attached to an aromatic ring is 1. The van der Waals surface area contributed by atoms with Gasteiger partial charge in [0.25, 0.3) is 11.8 Å². The van der Waals surface area contributed by atoms with Crippen molar-refractivity contribution in [3.05, 3.63) is 82.0 Å². The number of aromatic hydroxyl groups is 1. The molecule has 0 aliphatic carbocycles. The lowest BCUT2D eigenvalue weighted by atomic mass is 10.1. The first-order chi connectivity index (χ1) is 35.1. The summed E-state index contributed by atoms with van der Waals surface area (Å²) in [7, 11) is 0. The number of fused-ring (bicyclic) bond motifs is 1. The maximum absolute atomic E-state index is 13.4. The summed E-state index contributed by atoms with van der Waals surface area (Å²) in [5.74, 6) is -13.0. The number of anilines is 2. The zero-order valence-corrected chi connectivity index (χ0v) is 39.2. The van der Waals surface area contributed by atoms with Crippen LogP contribution in [0.3, 0.4) is 0 Å². The minimum absolute atomic E-state index is 0.0188. The Hall–Kier alpha value is -9.73. The van der Waals surface area contributed by atoms with E-state index >= 15 is 0 Å². The minimum atomic E-state index is -2.09. The average molecular weight is 1030 g/mol. The maximum atomic E-state index is 13.4. The van der Waals surface area contributed by atoms with E-state index in [0.717, 1.165) is 0 Å². The lowest BCUT2D eigenvalue weighted by Gasteiger charge is -2.24. The van der Waals surface area contributed by atoms with Crippen LogP contribution in [0.2, 0.25) is 0 Å². The number of carboxylic acids is 4. The Kier molecular flexibility index (Phi) is 21.2. The zero-order chi connectivity index (χ0) is 54.5. The van der Waals surface area contributed by atoms with Crippen molar-refractivity contribution in [1.82, 2.24) is 51.8 Å². The van der Waals surface area contributed by atoms with E-state index in [2.05, 4.69) is 56.5 Å². The van der Waals surface area contributed by atoms with E-state index in [4.69, 9.17) is 11.3 Å². The van der Waals surface area contributed by atoms with Gasteiger partial charge in [-0.05, 0) is 74.5 Å². The molecule has 5 atom stereocenters. The number of carbonyl (C=O) groups excluding carboxylic acids is 6. The molecule has 0 aliphatic rings. The van der Waals surface area contributed by atoms with Crippen LogP contribution in [0.1, 0.15) is 84.7 Å². The number of aromatic nitrogens is 4. The Morgan fingerprint density at radius 1 is 0.676 bits per heavy atom. The largest absolute Gasteiger partial charge is 0.492 e. The first-order valence-electron chi connectivity index (χ1n) is 22.3. The normalized spacial score (nSPS) is 12.7. The van der Waals surface area contributed by atoms with E-state index in [-0.39, 0.29) is 79.1 Å². The van der Waals surface area contributed by atoms with Crippen molar-refractivity contribution in [1.29, 1.82) is 0 Å². The number of nitrogens with zero attached hydrogens (tertiary/aromatic N) is 7. The molecule has 392 valence electrons. The first kappa shape index (κ1) is 56.9. The lowest BCUT2D eigenvalue weighted by Crippen LogP contribution is -2.58. The number of nitrogens with one attached hydrogen (secondary N) is 7. The first-order valence-corrected chi connectivity index (χ1v) is 22.3. The minimum Gasteiger partial charge on any atom is -0.492 e. The molecule has 2 aromatic carbocycles. The Morgan fingerprint density at radius 3 is 1.77 bits per heavy atom. The standard InChI is InChI=1S/C44H51N15O15/c1-21(50-38(68)23-6-10-24(11-7-23)48-19-26-20-49-36-35(51-26)42(72)57-44(45)56-36)5-14-31(60)52-28(16-32(61)62)39(69)54-30(18-34(65)66)41(71)55-29(17-33(63)64)40(70)53-27(43(73)74)4-2-3-15-47-37(67)22-8-12-25(13-9-22)58-59-46/h6-13,20-21,27-30,48H,2-5,14-19H2,1H3,(H,47,67)(H,50,68)(H,52,60)(H,53,70)(H,54,69)(H,55,71)(H,61,62)(H,63,64)(H,65,66)(H,73,74)(H3,45,49,56,57,72)/t21-,27+,28-,29+,30?/m1/s1. The van der Waals surface area contributed by atoms with E-state index in [1.165, 1.54) is 42.6 Å². The fraction of sp³-hybridized carbons (Fsp3) is 0.364. The third kappa shape index (κ3) is 18.5. The number of hydrogen-bond donors (Lipinski definition) is 13. The number of aliphatic carboxylic acids is 4. The van der Waals surface area contributed by atoms with E-state index < -0.39 is 115 Å². The van der Waals surface area contributed by atoms with Crippen LogP contribution in [0.25, 0.3) is 21.6 Å². The van der Waals surface area contributed by atoms with Crippen LogP contribution >= 0.6 is 0 Å². The monoisotopic (exact) mass is 1030 g/mol. The van der Waals surface area contributed by atoms with Crippen LogP contribution in [0.4, 0.5) is 17.3 Å². The molecule has 2 aromatic heterocycles. The number of benzene rings is 2. The second-order valence-corrected chi connectivity index (χ2v) is 16.2. The molecule has 14 N–H and O–H groups in total. The zero-order valence-electron chi connectivity index (χ0n) is 39.2. The molecule has 4 aromatic rings. The van der Waals surface area contributed by atoms with Crippen molar-refractivity contribution in [3.8, 4) is 5.88 Å². The SMILES string of the molecule is C[C@H](CCC(=O)N[C@H](CC(=O)O)C(=O)NC(CC(=O)O)C(=O)N[C@@H](CC(=O)O)C(=O)N[C@@H](CCCCNC(=O)c1ccc(N=[N+]=[N-])cc1)C(=O)O)NC(=O)c1ccc(NCc2cnc3nc(N)nc(O)c3n2)cc1. The molecule has 0 saturated heterocycles. The van der Waals surface area contributed by atoms with Crippen LogP contribution in [0, 0.1) is 0 Å². The van der Waals surface area contributed by atoms with Gasteiger partial charge >= 0.3 is 23.9 Å². The van der Waals surface area contributed by atoms with Gasteiger partial charge < -0.3 is 68.5 Å². The number of azide groups is 1. The molecule has 4 rings (SSSR count). The predicted molar refractivity (Wildman–Crippen MR) is 255 cm³/mol. The van der Waals surface area contributed by atoms with Crippen LogP contribution in [-0.2, 0) is 44.9 Å². The third-order valence-corrected chi connectivity index (χ3v) is 10.4. The summed E-state index contributed by atoms with van der Waals surface area (Å²) in [4.78, 5) is 144. The van der Waals surface area contributed by atoms with E-state index in [9.17, 15) is 73.5 Å². The second kappa shape index (κ2) is 27.6. The van der Waals surface area contributed by atoms with Gasteiger partial charge in [0.2, 0.25) is 35.5 Å². The fourth-order valence-corrected chi connectivity index (χ4v) is 6.69. The van der Waals surface area contributed by atoms with Gasteiger partial charge in [-0.1, -0.05) is 17.2 Å². The highest BCUT2D eigenvalue weighted by molar-refractivity contribution is 5.99. The van der Waals surface area contributed by atoms with Crippen molar-refractivity contribution in [2.24, 2.45) is 5.11 Å². The van der Waals surface area contributed by atoms with Crippen molar-refractivity contribution in [2.45, 2.75) is 95.0 Å². The molecule has 30 heteroatoms. The molecule has 1 unspecified atom stereocenters. The summed E-state index contributed by atoms with van der Waals surface area (Å²) < 4.78 is 0. The van der Waals surface area contributed by atoms with Crippen LogP contribution < -0.4 is 43.0 Å². The number of amides is 6. The number of hydrogen-bond acceptors (Lipinski definition) is 18. The quantitative estimate of drug-likeness (QED) is 0.0150. The molecule has 0 spiro atoms. The van der Waals surface area contributed by atoms with Gasteiger partial charge in [0.05, 0.1) is 37.7 Å². The highest BCUT2D eigenvalue weighted by Gasteiger charge is 2.34. The van der Waals surface area contributed by atoms with Crippen molar-refractivity contribution < 1.29 is 73.5 Å². The van der Waals surface area contributed by atoms with E-state index in [0.29, 0.717) is 11.4 Å². The number of unbranched alkanes of at least 4 members (excludes halogenated alkanes) is 1. The Labute approximate surface area is 418 Å². The maximum Gasteiger partial charge on any atom is 0.326 e. The Bertz CT molecular complexity index is 2790. The number of carbonyl (C=O) groups is 10. The summed E-state index contributed by atoms with van der Waals surface area (Å²) >= 11 is 0. The average Bonchev–Trinajstić information content (AvgIpc) is 3.33. The summed E-state index contributed by atoms with van der Waals surface area (Å²) in [5, 5.41) is 68.4. The second-order valence-electron chi connectivity index (χ2n) is 16.2. The molecule has 0 fully saturated rings. The summed E-state index contributed by atoms with van der Waals surface area (Å²) in [6.07, 6.45) is -2.21. The van der Waals surface area contributed by atoms with Gasteiger partial charge in [-0.25, -0.2) is 14.8 Å². The predicted octanol–water partition coefficient (Wildman–Crippen LogP) is 0.208. The van der Waals surface area contributed by atoms with Crippen molar-refractivity contribution in [3.63, 3.8) is 0 Å². The van der Waals surface area contributed by atoms with E-state index in [1.807, 2.05) is 10.6 Å². The van der Waals surface area contributed by atoms with Crippen LogP contribution in [0.15, 0.2) is 59.8 Å². The third-order valence-electron chi connectivity index (χ3n) is 10.4. The molecule has 0 saturated carbocycles. The van der Waals surface area contributed by atoms with Gasteiger partial charge in [-0.2, -0.15) is 9.97 Å². The molecule has 74 heavy (non-hydrogen) atoms. The van der Waals surface area contributed by atoms with Crippen LogP contribution in [-0.4, -0.2) is 142 Å². The highest BCUT2D eigenvalue weighted by atomic mass is 16.4. The highest BCUT2D eigenvalue weighted by Crippen LogP contribution is 2.19. The van der Waals surface area contributed by atoms with Gasteiger partial charge in [0, 0.05) is 46.4 Å². The fourth-order valence-electron chi connectivity index (χ4n) is 6.69. The Morgan fingerprint density at radius 2 is 1.22 bits per heavy atom. The molecular weight excluding hydrogens is 979 g/mol. The smallest absolute Gasteiger partial charge is 0.326 e. The van der Waals surface area contributed by atoms with Crippen molar-refractivity contribution >= 4 is 87.8 Å². The number of rotatable bonds is 29. The van der Waals surface area contributed by atoms with Gasteiger partial charge in [0.1, 0.15) is 24.2 Å². The molecule has 0 aliphatic heterocycles. The molecule has 6 amide bonds. The summed E-state index contributed by atoms with van der Waals surface area (Å²) in [6, 6.07) is 3.68. The number of carboxylic acid groups (broad SMARTS) is 4. The molecule has 0 bridgehead atoms. The van der Waals surface area contributed by atoms with E-state index in [1.54, 1.807) is 19.1 Å². The van der Waals surface area contributed by atoms with Gasteiger partial charge in [-0.15, -0.1) is 0 Å². The van der Waals surface area contributed by atoms with Crippen molar-refractivity contribution in [2.75, 3.05) is 17.6 Å². The van der Waals surface area contributed by atoms with Gasteiger partial charge in [-0.3, -0.25) is 43.2 Å². The molecular formula is C44H51N15O15. The lowest BCUT2D eigenvalue weighted by molar-refractivity contribution is -0.145. The van der Waals surface area contributed by atoms with Crippen LogP contribution in [0.5, 0.6) is 5.88 Å². The molecule has 0 radical (unpaired) electrons. The molecule has 2 heterocycles.